The summed E-state index contributed by atoms with van der Waals surface area (Å²) in [5, 5.41) is 2.83. The number of ether oxygens (including phenoxy) is 3. The van der Waals surface area contributed by atoms with Crippen molar-refractivity contribution in [3.63, 3.8) is 0 Å². The van der Waals surface area contributed by atoms with Crippen molar-refractivity contribution in [1.82, 2.24) is 4.90 Å². The Hall–Kier alpha value is -3.06. The molecule has 0 aliphatic carbocycles. The molecule has 27 heavy (non-hydrogen) atoms. The maximum absolute atomic E-state index is 12.7. The summed E-state index contributed by atoms with van der Waals surface area (Å²) in [5.41, 5.74) is 1.55. The monoisotopic (exact) mass is 368 g/mol. The fourth-order valence-corrected chi connectivity index (χ4v) is 3.16. The molecule has 1 saturated heterocycles. The molecular weight excluding hydrogens is 348 g/mol. The lowest BCUT2D eigenvalue weighted by Gasteiger charge is -2.31. The van der Waals surface area contributed by atoms with Crippen molar-refractivity contribution in [1.29, 1.82) is 0 Å². The van der Waals surface area contributed by atoms with E-state index in [1.807, 2.05) is 6.92 Å². The van der Waals surface area contributed by atoms with E-state index in [2.05, 4.69) is 5.32 Å². The molecule has 140 valence electrons. The number of amides is 2. The summed E-state index contributed by atoms with van der Waals surface area (Å²) in [6, 6.07) is 12.0. The van der Waals surface area contributed by atoms with Gasteiger partial charge in [0.1, 0.15) is 0 Å². The lowest BCUT2D eigenvalue weighted by Crippen LogP contribution is -2.44. The number of rotatable bonds is 3. The van der Waals surface area contributed by atoms with Crippen molar-refractivity contribution >= 4 is 17.5 Å². The van der Waals surface area contributed by atoms with Crippen LogP contribution in [0.5, 0.6) is 11.5 Å². The maximum atomic E-state index is 12.7. The summed E-state index contributed by atoms with van der Waals surface area (Å²) in [6.07, 6.45) is 0.0246. The molecule has 4 rings (SSSR count). The van der Waals surface area contributed by atoms with E-state index in [1.54, 1.807) is 47.4 Å². The minimum Gasteiger partial charge on any atom is -0.454 e. The van der Waals surface area contributed by atoms with Gasteiger partial charge in [-0.3, -0.25) is 9.59 Å². The highest BCUT2D eigenvalue weighted by molar-refractivity contribution is 6.05. The van der Waals surface area contributed by atoms with E-state index in [0.717, 1.165) is 0 Å². The number of hydrogen-bond donors (Lipinski definition) is 1. The number of carbonyl (C=O) groups excluding carboxylic acids is 2. The third kappa shape index (κ3) is 3.73. The number of hydrogen-bond acceptors (Lipinski definition) is 5. The average molecular weight is 368 g/mol. The van der Waals surface area contributed by atoms with Gasteiger partial charge in [-0.15, -0.1) is 0 Å². The first kappa shape index (κ1) is 17.4. The van der Waals surface area contributed by atoms with Gasteiger partial charge >= 0.3 is 0 Å². The molecule has 2 aliphatic rings. The molecule has 1 N–H and O–H groups in total. The lowest BCUT2D eigenvalue weighted by molar-refractivity contribution is -0.0124. The van der Waals surface area contributed by atoms with Crippen LogP contribution in [-0.4, -0.2) is 49.3 Å². The quantitative estimate of drug-likeness (QED) is 0.901. The standard InChI is InChI=1S/C20H20N2O5/c1-13-11-22(7-8-25-13)20(24)15-3-2-4-16(9-15)21-19(23)14-5-6-17-18(10-14)27-12-26-17/h2-6,9-10,13H,7-8,11-12H2,1H3,(H,21,23). The fraction of sp³-hybridized carbons (Fsp3) is 0.300. The minimum absolute atomic E-state index is 0.0246. The average Bonchev–Trinajstić information content (AvgIpc) is 3.15. The Morgan fingerprint density at radius 2 is 1.93 bits per heavy atom. The summed E-state index contributed by atoms with van der Waals surface area (Å²) in [6.45, 7) is 3.77. The smallest absolute Gasteiger partial charge is 0.255 e. The first-order valence-corrected chi connectivity index (χ1v) is 8.82. The Labute approximate surface area is 156 Å². The predicted molar refractivity (Wildman–Crippen MR) is 98.3 cm³/mol. The zero-order valence-corrected chi connectivity index (χ0v) is 14.9. The first-order valence-electron chi connectivity index (χ1n) is 8.82. The number of morpholine rings is 1. The van der Waals surface area contributed by atoms with Gasteiger partial charge in [0, 0.05) is 29.9 Å². The van der Waals surface area contributed by atoms with Gasteiger partial charge in [0.05, 0.1) is 12.7 Å². The predicted octanol–water partition coefficient (Wildman–Crippen LogP) is 2.53. The second-order valence-corrected chi connectivity index (χ2v) is 6.54. The molecule has 0 aromatic heterocycles. The molecule has 7 heteroatoms. The molecule has 0 spiro atoms. The van der Waals surface area contributed by atoms with Crippen LogP contribution in [-0.2, 0) is 4.74 Å². The third-order valence-electron chi connectivity index (χ3n) is 4.53. The zero-order valence-electron chi connectivity index (χ0n) is 14.9. The van der Waals surface area contributed by atoms with Gasteiger partial charge in [-0.05, 0) is 43.3 Å². The number of anilines is 1. The van der Waals surface area contributed by atoms with Gasteiger partial charge in [0.25, 0.3) is 11.8 Å². The number of fused-ring (bicyclic) bond motifs is 1. The largest absolute Gasteiger partial charge is 0.454 e. The molecule has 2 heterocycles. The van der Waals surface area contributed by atoms with Gasteiger partial charge in [-0.2, -0.15) is 0 Å². The van der Waals surface area contributed by atoms with Crippen molar-refractivity contribution in [2.24, 2.45) is 0 Å². The molecule has 1 atom stereocenters. The van der Waals surface area contributed by atoms with Gasteiger partial charge < -0.3 is 24.4 Å². The van der Waals surface area contributed by atoms with Gasteiger partial charge in [-0.1, -0.05) is 6.07 Å². The molecule has 0 saturated carbocycles. The molecule has 2 amide bonds. The summed E-state index contributed by atoms with van der Waals surface area (Å²) >= 11 is 0. The Balaban J connectivity index is 1.47. The van der Waals surface area contributed by atoms with Crippen LogP contribution in [0.25, 0.3) is 0 Å². The molecule has 2 aromatic rings. The number of carbonyl (C=O) groups is 2. The lowest BCUT2D eigenvalue weighted by atomic mass is 10.1. The third-order valence-corrected chi connectivity index (χ3v) is 4.53. The van der Waals surface area contributed by atoms with Crippen LogP contribution in [0.3, 0.4) is 0 Å². The van der Waals surface area contributed by atoms with Crippen LogP contribution < -0.4 is 14.8 Å². The van der Waals surface area contributed by atoms with Gasteiger partial charge in [-0.25, -0.2) is 0 Å². The van der Waals surface area contributed by atoms with Crippen molar-refractivity contribution in [2.45, 2.75) is 13.0 Å². The van der Waals surface area contributed by atoms with E-state index >= 15 is 0 Å². The number of benzene rings is 2. The van der Waals surface area contributed by atoms with E-state index in [0.29, 0.717) is 48.0 Å². The Kier molecular flexibility index (Phi) is 4.68. The summed E-state index contributed by atoms with van der Waals surface area (Å²) < 4.78 is 16.0. The van der Waals surface area contributed by atoms with E-state index in [9.17, 15) is 9.59 Å². The van der Waals surface area contributed by atoms with Crippen LogP contribution >= 0.6 is 0 Å². The molecule has 0 bridgehead atoms. The van der Waals surface area contributed by atoms with Gasteiger partial charge in [0.2, 0.25) is 6.79 Å². The fourth-order valence-electron chi connectivity index (χ4n) is 3.16. The molecular formula is C20H20N2O5. The first-order chi connectivity index (χ1) is 13.1. The molecule has 7 nitrogen and oxygen atoms in total. The van der Waals surface area contributed by atoms with Crippen LogP contribution in [0.4, 0.5) is 5.69 Å². The van der Waals surface area contributed by atoms with E-state index < -0.39 is 0 Å². The summed E-state index contributed by atoms with van der Waals surface area (Å²) in [4.78, 5) is 27.0. The van der Waals surface area contributed by atoms with E-state index in [-0.39, 0.29) is 24.7 Å². The maximum Gasteiger partial charge on any atom is 0.255 e. The Bertz CT molecular complexity index is 882. The minimum atomic E-state index is -0.280. The topological polar surface area (TPSA) is 77.1 Å². The highest BCUT2D eigenvalue weighted by atomic mass is 16.7. The molecule has 2 aromatic carbocycles. The highest BCUT2D eigenvalue weighted by Crippen LogP contribution is 2.32. The molecule has 1 fully saturated rings. The van der Waals surface area contributed by atoms with Crippen LogP contribution in [0.2, 0.25) is 0 Å². The molecule has 1 unspecified atom stereocenters. The summed E-state index contributed by atoms with van der Waals surface area (Å²) in [5.74, 6) is 0.828. The van der Waals surface area contributed by atoms with Crippen molar-refractivity contribution in [2.75, 3.05) is 31.8 Å². The Morgan fingerprint density at radius 3 is 2.78 bits per heavy atom. The van der Waals surface area contributed by atoms with Crippen molar-refractivity contribution < 1.29 is 23.8 Å². The van der Waals surface area contributed by atoms with Gasteiger partial charge in [0.15, 0.2) is 11.5 Å². The highest BCUT2D eigenvalue weighted by Gasteiger charge is 2.23. The normalized spacial score (nSPS) is 18.3. The SMILES string of the molecule is CC1CN(C(=O)c2cccc(NC(=O)c3ccc4c(c3)OCO4)c2)CCO1. The number of nitrogens with one attached hydrogen (secondary N) is 1. The van der Waals surface area contributed by atoms with E-state index in [1.165, 1.54) is 0 Å². The number of nitrogens with zero attached hydrogens (tertiary/aromatic N) is 1. The van der Waals surface area contributed by atoms with Crippen LogP contribution in [0.1, 0.15) is 27.6 Å². The van der Waals surface area contributed by atoms with Crippen molar-refractivity contribution in [3.05, 3.63) is 53.6 Å². The Morgan fingerprint density at radius 1 is 1.07 bits per heavy atom. The van der Waals surface area contributed by atoms with E-state index in [4.69, 9.17) is 14.2 Å². The van der Waals surface area contributed by atoms with Crippen molar-refractivity contribution in [3.8, 4) is 11.5 Å². The van der Waals surface area contributed by atoms with Crippen LogP contribution in [0, 0.1) is 0 Å². The van der Waals surface area contributed by atoms with Crippen LogP contribution in [0.15, 0.2) is 42.5 Å². The second-order valence-electron chi connectivity index (χ2n) is 6.54. The molecule has 0 radical (unpaired) electrons. The zero-order chi connectivity index (χ0) is 18.8. The summed E-state index contributed by atoms with van der Waals surface area (Å²) in [7, 11) is 0. The second kappa shape index (κ2) is 7.28. The molecule has 2 aliphatic heterocycles.